The Bertz CT molecular complexity index is 878. The second-order valence-corrected chi connectivity index (χ2v) is 9.08. The van der Waals surface area contributed by atoms with Gasteiger partial charge >= 0.3 is 0 Å². The van der Waals surface area contributed by atoms with Crippen LogP contribution >= 0.6 is 0 Å². The molecule has 0 N–H and O–H groups in total. The molecule has 2 heterocycles. The molecule has 1 spiro atoms. The van der Waals surface area contributed by atoms with Crippen LogP contribution in [-0.4, -0.2) is 54.2 Å². The summed E-state index contributed by atoms with van der Waals surface area (Å²) in [6, 6.07) is 17.8. The number of likely N-dealkylation sites (tertiary alicyclic amines) is 2. The Balaban J connectivity index is 1.31. The molecule has 0 aliphatic carbocycles. The fourth-order valence-corrected chi connectivity index (χ4v) is 5.12. The van der Waals surface area contributed by atoms with E-state index in [1.807, 2.05) is 4.90 Å². The van der Waals surface area contributed by atoms with Crippen LogP contribution in [0.2, 0.25) is 0 Å². The molecule has 4 heteroatoms. The maximum absolute atomic E-state index is 13.0. The van der Waals surface area contributed by atoms with E-state index >= 15 is 0 Å². The highest BCUT2D eigenvalue weighted by Gasteiger charge is 2.42. The third-order valence-electron chi connectivity index (χ3n) is 6.79. The molecule has 1 amide bonds. The number of hydrogen-bond donors (Lipinski definition) is 0. The number of carbonyl (C=O) groups excluding carboxylic acids is 2. The summed E-state index contributed by atoms with van der Waals surface area (Å²) in [5.41, 5.74) is 3.01. The Morgan fingerprint density at radius 1 is 0.900 bits per heavy atom. The number of hydrogen-bond acceptors (Lipinski definition) is 3. The topological polar surface area (TPSA) is 40.6 Å². The third kappa shape index (κ3) is 4.81. The molecular weight excluding hydrogens is 372 g/mol. The number of amides is 1. The smallest absolute Gasteiger partial charge is 0.253 e. The summed E-state index contributed by atoms with van der Waals surface area (Å²) in [7, 11) is 0. The Morgan fingerprint density at radius 3 is 2.37 bits per heavy atom. The first-order chi connectivity index (χ1) is 14.5. The van der Waals surface area contributed by atoms with E-state index in [9.17, 15) is 9.59 Å². The first kappa shape index (κ1) is 20.8. The van der Waals surface area contributed by atoms with E-state index in [0.29, 0.717) is 11.1 Å². The number of benzene rings is 2. The van der Waals surface area contributed by atoms with Crippen molar-refractivity contribution in [3.05, 3.63) is 71.3 Å². The molecule has 0 unspecified atom stereocenters. The molecule has 0 saturated carbocycles. The van der Waals surface area contributed by atoms with Crippen molar-refractivity contribution in [3.63, 3.8) is 0 Å². The lowest BCUT2D eigenvalue weighted by atomic mass is 9.79. The number of piperidine rings is 1. The number of nitrogens with zero attached hydrogens (tertiary/aromatic N) is 2. The highest BCUT2D eigenvalue weighted by molar-refractivity contribution is 5.97. The van der Waals surface area contributed by atoms with Gasteiger partial charge < -0.3 is 9.80 Å². The normalized spacial score (nSPS) is 21.8. The summed E-state index contributed by atoms with van der Waals surface area (Å²) >= 11 is 0. The van der Waals surface area contributed by atoms with Crippen LogP contribution in [0.15, 0.2) is 54.6 Å². The molecule has 2 aliphatic heterocycles. The summed E-state index contributed by atoms with van der Waals surface area (Å²) in [4.78, 5) is 29.1. The minimum atomic E-state index is 0.0312. The zero-order chi connectivity index (χ0) is 21.0. The standard InChI is InChI=1S/C26H32N2O2/c1-21(29)23-10-12-24(13-11-23)25(30)28-18-15-26(20-28)14-6-17-27(19-26)16-5-9-22-7-3-2-4-8-22/h2-4,7-8,10-13H,5-6,9,14-20H2,1H3/t26-/m1/s1. The van der Waals surface area contributed by atoms with Crippen molar-refractivity contribution in [1.82, 2.24) is 9.80 Å². The molecule has 4 rings (SSSR count). The van der Waals surface area contributed by atoms with E-state index in [1.165, 1.54) is 31.4 Å². The van der Waals surface area contributed by atoms with Gasteiger partial charge in [-0.05, 0) is 69.8 Å². The Hall–Kier alpha value is -2.46. The van der Waals surface area contributed by atoms with E-state index in [4.69, 9.17) is 0 Å². The average Bonchev–Trinajstić information content (AvgIpc) is 3.17. The van der Waals surface area contributed by atoms with Gasteiger partial charge in [-0.1, -0.05) is 42.5 Å². The van der Waals surface area contributed by atoms with Crippen molar-refractivity contribution in [3.8, 4) is 0 Å². The average molecular weight is 405 g/mol. The highest BCUT2D eigenvalue weighted by atomic mass is 16.2. The van der Waals surface area contributed by atoms with Crippen LogP contribution in [0.5, 0.6) is 0 Å². The number of rotatable bonds is 6. The number of aryl methyl sites for hydroxylation is 1. The maximum Gasteiger partial charge on any atom is 0.253 e. The number of Topliss-reactive ketones (excluding diaryl/α,β-unsaturated/α-hetero) is 1. The lowest BCUT2D eigenvalue weighted by Gasteiger charge is -2.40. The first-order valence-corrected chi connectivity index (χ1v) is 11.2. The largest absolute Gasteiger partial charge is 0.338 e. The summed E-state index contributed by atoms with van der Waals surface area (Å²) in [6.45, 7) is 6.67. The maximum atomic E-state index is 13.0. The molecule has 158 valence electrons. The highest BCUT2D eigenvalue weighted by Crippen LogP contribution is 2.39. The van der Waals surface area contributed by atoms with Gasteiger partial charge in [-0.15, -0.1) is 0 Å². The number of carbonyl (C=O) groups is 2. The van der Waals surface area contributed by atoms with E-state index in [2.05, 4.69) is 35.2 Å². The van der Waals surface area contributed by atoms with Crippen LogP contribution < -0.4 is 0 Å². The summed E-state index contributed by atoms with van der Waals surface area (Å²) in [6.07, 6.45) is 5.85. The second kappa shape index (κ2) is 9.13. The first-order valence-electron chi connectivity index (χ1n) is 11.2. The second-order valence-electron chi connectivity index (χ2n) is 9.08. The summed E-state index contributed by atoms with van der Waals surface area (Å²) in [5, 5.41) is 0. The fourth-order valence-electron chi connectivity index (χ4n) is 5.12. The lowest BCUT2D eigenvalue weighted by Crippen LogP contribution is -2.45. The fraction of sp³-hybridized carbons (Fsp3) is 0.462. The predicted octanol–water partition coefficient (Wildman–Crippen LogP) is 4.45. The van der Waals surface area contributed by atoms with E-state index in [1.54, 1.807) is 31.2 Å². The van der Waals surface area contributed by atoms with Gasteiger partial charge in [0.05, 0.1) is 0 Å². The van der Waals surface area contributed by atoms with Crippen LogP contribution in [0.25, 0.3) is 0 Å². The SMILES string of the molecule is CC(=O)c1ccc(C(=O)N2CC[C@@]3(CCCN(CCCc4ccccc4)C3)C2)cc1. The molecule has 2 aliphatic rings. The monoisotopic (exact) mass is 404 g/mol. The van der Waals surface area contributed by atoms with Gasteiger partial charge in [0.2, 0.25) is 0 Å². The van der Waals surface area contributed by atoms with E-state index in [-0.39, 0.29) is 17.1 Å². The molecule has 0 bridgehead atoms. The van der Waals surface area contributed by atoms with Gasteiger partial charge in [-0.3, -0.25) is 9.59 Å². The minimum Gasteiger partial charge on any atom is -0.338 e. The molecule has 0 aromatic heterocycles. The zero-order valence-electron chi connectivity index (χ0n) is 18.0. The molecule has 30 heavy (non-hydrogen) atoms. The van der Waals surface area contributed by atoms with Gasteiger partial charge in [0.1, 0.15) is 0 Å². The van der Waals surface area contributed by atoms with E-state index < -0.39 is 0 Å². The summed E-state index contributed by atoms with van der Waals surface area (Å²) in [5.74, 6) is 0.131. The Morgan fingerprint density at radius 2 is 1.63 bits per heavy atom. The molecule has 2 fully saturated rings. The quantitative estimate of drug-likeness (QED) is 0.668. The molecule has 0 radical (unpaired) electrons. The third-order valence-corrected chi connectivity index (χ3v) is 6.79. The van der Waals surface area contributed by atoms with Gasteiger partial charge in [-0.25, -0.2) is 0 Å². The van der Waals surface area contributed by atoms with E-state index in [0.717, 1.165) is 39.0 Å². The lowest BCUT2D eigenvalue weighted by molar-refractivity contribution is 0.0688. The molecule has 2 saturated heterocycles. The predicted molar refractivity (Wildman–Crippen MR) is 120 cm³/mol. The molecular formula is C26H32N2O2. The number of ketones is 1. The van der Waals surface area contributed by atoms with Gasteiger partial charge in [0, 0.05) is 36.2 Å². The van der Waals surface area contributed by atoms with Crippen LogP contribution in [0, 0.1) is 5.41 Å². The molecule has 1 atom stereocenters. The van der Waals surface area contributed by atoms with Crippen molar-refractivity contribution in [2.45, 2.75) is 39.0 Å². The Labute approximate surface area is 179 Å². The van der Waals surface area contributed by atoms with Crippen molar-refractivity contribution in [2.24, 2.45) is 5.41 Å². The van der Waals surface area contributed by atoms with Crippen molar-refractivity contribution < 1.29 is 9.59 Å². The van der Waals surface area contributed by atoms with Crippen LogP contribution in [0.4, 0.5) is 0 Å². The van der Waals surface area contributed by atoms with Gasteiger partial charge in [-0.2, -0.15) is 0 Å². The zero-order valence-corrected chi connectivity index (χ0v) is 18.0. The molecule has 2 aromatic carbocycles. The van der Waals surface area contributed by atoms with Crippen molar-refractivity contribution in [2.75, 3.05) is 32.7 Å². The minimum absolute atomic E-state index is 0.0312. The molecule has 2 aromatic rings. The van der Waals surface area contributed by atoms with Gasteiger partial charge in [0.15, 0.2) is 5.78 Å². The van der Waals surface area contributed by atoms with Gasteiger partial charge in [0.25, 0.3) is 5.91 Å². The Kier molecular flexibility index (Phi) is 6.33. The van der Waals surface area contributed by atoms with Crippen LogP contribution in [0.1, 0.15) is 58.9 Å². The van der Waals surface area contributed by atoms with Crippen LogP contribution in [-0.2, 0) is 6.42 Å². The van der Waals surface area contributed by atoms with Crippen molar-refractivity contribution >= 4 is 11.7 Å². The summed E-state index contributed by atoms with van der Waals surface area (Å²) < 4.78 is 0. The van der Waals surface area contributed by atoms with Crippen LogP contribution in [0.3, 0.4) is 0 Å². The van der Waals surface area contributed by atoms with Crippen molar-refractivity contribution in [1.29, 1.82) is 0 Å². The molecule has 4 nitrogen and oxygen atoms in total.